The minimum atomic E-state index is 0.659. The third-order valence-corrected chi connectivity index (χ3v) is 2.58. The molecule has 0 amide bonds. The Morgan fingerprint density at radius 2 is 2.07 bits per heavy atom. The molecular weight excluding hydrogens is 190 g/mol. The monoisotopic (exact) mass is 201 g/mol. The zero-order valence-electron chi connectivity index (χ0n) is 8.22. The maximum absolute atomic E-state index is 4.33. The average Bonchev–Trinajstić information content (AvgIpc) is 2.77. The van der Waals surface area contributed by atoms with Crippen LogP contribution in [-0.4, -0.2) is 35.8 Å². The number of aromatic nitrogens is 2. The van der Waals surface area contributed by atoms with E-state index < -0.39 is 0 Å². The molecule has 0 atom stereocenters. The van der Waals surface area contributed by atoms with Crippen LogP contribution in [0.5, 0.6) is 0 Å². The van der Waals surface area contributed by atoms with Gasteiger partial charge in [-0.3, -0.25) is 0 Å². The Morgan fingerprint density at radius 1 is 1.20 bits per heavy atom. The van der Waals surface area contributed by atoms with Crippen LogP contribution in [0, 0.1) is 0 Å². The first-order chi connectivity index (χ1) is 7.43. The van der Waals surface area contributed by atoms with Crippen molar-refractivity contribution in [3.63, 3.8) is 0 Å². The third-order valence-electron chi connectivity index (χ3n) is 2.58. The van der Waals surface area contributed by atoms with Gasteiger partial charge in [0.15, 0.2) is 0 Å². The van der Waals surface area contributed by atoms with E-state index in [2.05, 4.69) is 20.4 Å². The van der Waals surface area contributed by atoms with E-state index in [1.165, 1.54) is 11.1 Å². The highest BCUT2D eigenvalue weighted by molar-refractivity contribution is 5.83. The molecule has 0 unspecified atom stereocenters. The highest BCUT2D eigenvalue weighted by Gasteiger charge is 2.20. The molecule has 0 bridgehead atoms. The molecule has 5 nitrogen and oxygen atoms in total. The molecule has 0 aromatic carbocycles. The Labute approximate surface area is 87.5 Å². The molecule has 0 saturated carbocycles. The fourth-order valence-electron chi connectivity index (χ4n) is 1.79. The number of anilines is 1. The Kier molecular flexibility index (Phi) is 1.96. The summed E-state index contributed by atoms with van der Waals surface area (Å²) in [6.07, 6.45) is 5.36. The van der Waals surface area contributed by atoms with Gasteiger partial charge in [0, 0.05) is 25.5 Å². The molecule has 76 valence electrons. The van der Waals surface area contributed by atoms with E-state index in [1.54, 1.807) is 18.5 Å². The topological polar surface area (TPSA) is 53.4 Å². The van der Waals surface area contributed by atoms with E-state index in [0.29, 0.717) is 5.95 Å². The highest BCUT2D eigenvalue weighted by Crippen LogP contribution is 2.17. The zero-order chi connectivity index (χ0) is 10.1. The number of hydrazone groups is 1. The molecule has 0 radical (unpaired) electrons. The minimum absolute atomic E-state index is 0.659. The van der Waals surface area contributed by atoms with Gasteiger partial charge in [-0.25, -0.2) is 15.0 Å². The molecule has 2 aliphatic heterocycles. The number of nitrogens with zero attached hydrogens (tertiary/aromatic N) is 4. The molecule has 0 fully saturated rings. The van der Waals surface area contributed by atoms with E-state index in [-0.39, 0.29) is 0 Å². The number of hydrogen-bond acceptors (Lipinski definition) is 5. The molecule has 1 aromatic rings. The van der Waals surface area contributed by atoms with Crippen molar-refractivity contribution in [3.8, 4) is 0 Å². The van der Waals surface area contributed by atoms with E-state index in [4.69, 9.17) is 0 Å². The van der Waals surface area contributed by atoms with Crippen LogP contribution < -0.4 is 10.3 Å². The SMILES string of the molecule is C1=NN(c2ncccn2)CC2=C1CNC2. The molecule has 0 spiro atoms. The first kappa shape index (κ1) is 8.55. The molecule has 3 rings (SSSR count). The Balaban J connectivity index is 1.85. The van der Waals surface area contributed by atoms with Crippen LogP contribution in [0.1, 0.15) is 0 Å². The van der Waals surface area contributed by atoms with Crippen molar-refractivity contribution < 1.29 is 0 Å². The largest absolute Gasteiger partial charge is 0.309 e. The lowest BCUT2D eigenvalue weighted by atomic mass is 10.1. The standard InChI is InChI=1S/C10H11N5/c1-2-12-10(13-3-1)15-7-9-5-11-4-8(9)6-14-15/h1-3,6,11H,4-5,7H2. The second kappa shape index (κ2) is 3.43. The van der Waals surface area contributed by atoms with Crippen LogP contribution in [0.15, 0.2) is 34.7 Å². The molecule has 0 saturated heterocycles. The zero-order valence-corrected chi connectivity index (χ0v) is 8.22. The molecule has 1 N–H and O–H groups in total. The summed E-state index contributed by atoms with van der Waals surface area (Å²) in [5, 5.41) is 9.46. The summed E-state index contributed by atoms with van der Waals surface area (Å²) in [6, 6.07) is 1.80. The first-order valence-electron chi connectivity index (χ1n) is 4.93. The summed E-state index contributed by atoms with van der Waals surface area (Å²) in [6.45, 7) is 2.68. The van der Waals surface area contributed by atoms with Gasteiger partial charge in [-0.15, -0.1) is 0 Å². The lowest BCUT2D eigenvalue weighted by Crippen LogP contribution is -2.26. The van der Waals surface area contributed by atoms with E-state index in [1.807, 2.05) is 11.2 Å². The Hall–Kier alpha value is -1.75. The predicted molar refractivity (Wildman–Crippen MR) is 57.8 cm³/mol. The lowest BCUT2D eigenvalue weighted by Gasteiger charge is -2.20. The quantitative estimate of drug-likeness (QED) is 0.704. The summed E-state index contributed by atoms with van der Waals surface area (Å²) < 4.78 is 0. The van der Waals surface area contributed by atoms with Gasteiger partial charge in [0.2, 0.25) is 5.95 Å². The molecular formula is C10H11N5. The average molecular weight is 201 g/mol. The maximum Gasteiger partial charge on any atom is 0.246 e. The normalized spacial score (nSPS) is 19.6. The van der Waals surface area contributed by atoms with Crippen LogP contribution in [0.2, 0.25) is 0 Å². The van der Waals surface area contributed by atoms with Gasteiger partial charge in [-0.1, -0.05) is 0 Å². The van der Waals surface area contributed by atoms with Crippen LogP contribution in [-0.2, 0) is 0 Å². The number of rotatable bonds is 1. The van der Waals surface area contributed by atoms with Gasteiger partial charge in [0.25, 0.3) is 0 Å². The smallest absolute Gasteiger partial charge is 0.246 e. The summed E-state index contributed by atoms with van der Waals surface area (Å²) in [5.74, 6) is 0.659. The van der Waals surface area contributed by atoms with Crippen molar-refractivity contribution in [1.29, 1.82) is 0 Å². The molecule has 1 aromatic heterocycles. The van der Waals surface area contributed by atoms with E-state index in [9.17, 15) is 0 Å². The van der Waals surface area contributed by atoms with Crippen molar-refractivity contribution in [2.45, 2.75) is 0 Å². The molecule has 15 heavy (non-hydrogen) atoms. The third kappa shape index (κ3) is 1.50. The molecule has 2 aliphatic rings. The first-order valence-corrected chi connectivity index (χ1v) is 4.93. The van der Waals surface area contributed by atoms with Crippen molar-refractivity contribution in [2.75, 3.05) is 24.6 Å². The van der Waals surface area contributed by atoms with Crippen LogP contribution in [0.3, 0.4) is 0 Å². The van der Waals surface area contributed by atoms with Crippen molar-refractivity contribution >= 4 is 12.2 Å². The fourth-order valence-corrected chi connectivity index (χ4v) is 1.79. The fraction of sp³-hybridized carbons (Fsp3) is 0.300. The van der Waals surface area contributed by atoms with Crippen molar-refractivity contribution in [2.24, 2.45) is 5.10 Å². The van der Waals surface area contributed by atoms with Crippen LogP contribution in [0.25, 0.3) is 0 Å². The minimum Gasteiger partial charge on any atom is -0.309 e. The van der Waals surface area contributed by atoms with Crippen molar-refractivity contribution in [1.82, 2.24) is 15.3 Å². The van der Waals surface area contributed by atoms with Crippen molar-refractivity contribution in [3.05, 3.63) is 29.6 Å². The summed E-state index contributed by atoms with van der Waals surface area (Å²) in [5.41, 5.74) is 2.69. The number of hydrogen-bond donors (Lipinski definition) is 1. The lowest BCUT2D eigenvalue weighted by molar-refractivity contribution is 0.816. The second-order valence-electron chi connectivity index (χ2n) is 3.58. The van der Waals surface area contributed by atoms with Gasteiger partial charge < -0.3 is 5.32 Å². The molecule has 5 heteroatoms. The summed E-state index contributed by atoms with van der Waals surface area (Å²) in [7, 11) is 0. The van der Waals surface area contributed by atoms with Crippen LogP contribution >= 0.6 is 0 Å². The summed E-state index contributed by atoms with van der Waals surface area (Å²) in [4.78, 5) is 8.35. The van der Waals surface area contributed by atoms with Gasteiger partial charge in [-0.2, -0.15) is 5.10 Å². The maximum atomic E-state index is 4.33. The molecule has 3 heterocycles. The van der Waals surface area contributed by atoms with Gasteiger partial charge >= 0.3 is 0 Å². The Morgan fingerprint density at radius 3 is 2.93 bits per heavy atom. The summed E-state index contributed by atoms with van der Waals surface area (Å²) >= 11 is 0. The second-order valence-corrected chi connectivity index (χ2v) is 3.58. The van der Waals surface area contributed by atoms with Crippen LogP contribution in [0.4, 0.5) is 5.95 Å². The van der Waals surface area contributed by atoms with Gasteiger partial charge in [-0.05, 0) is 17.2 Å². The van der Waals surface area contributed by atoms with E-state index >= 15 is 0 Å². The Bertz CT molecular complexity index is 423. The predicted octanol–water partition coefficient (Wildman–Crippen LogP) is 0.182. The molecule has 0 aliphatic carbocycles. The number of nitrogens with one attached hydrogen (secondary N) is 1. The van der Waals surface area contributed by atoms with Gasteiger partial charge in [0.05, 0.1) is 12.8 Å². The van der Waals surface area contributed by atoms with E-state index in [0.717, 1.165) is 19.6 Å². The van der Waals surface area contributed by atoms with Gasteiger partial charge in [0.1, 0.15) is 0 Å². The highest BCUT2D eigenvalue weighted by atomic mass is 15.5.